The standard InChI is InChI=1S/C18H14ClN3O4S/c19-11-5-6-14(20-9-11)21-15(23)10-26-17(25)18-8-7-16(24)22(18)12-3-1-2-4-13(12)27-18/h1-6,9H,7-8,10H2,(H,20,21,23)/t18-/m0/s1. The van der Waals surface area contributed by atoms with E-state index < -0.39 is 23.4 Å². The largest absolute Gasteiger partial charge is 0.453 e. The monoisotopic (exact) mass is 403 g/mol. The molecule has 0 spiro atoms. The fraction of sp³-hybridized carbons (Fsp3) is 0.222. The van der Waals surface area contributed by atoms with Crippen molar-refractivity contribution in [3.05, 3.63) is 47.6 Å². The van der Waals surface area contributed by atoms with Gasteiger partial charge >= 0.3 is 5.97 Å². The van der Waals surface area contributed by atoms with Crippen LogP contribution in [0.5, 0.6) is 0 Å². The first-order chi connectivity index (χ1) is 13.0. The maximum Gasteiger partial charge on any atom is 0.344 e. The summed E-state index contributed by atoms with van der Waals surface area (Å²) in [4.78, 5) is 42.3. The SMILES string of the molecule is O=C(COC(=O)[C@@]12CCC(=O)N1c1ccccc1S2)Nc1ccc(Cl)cn1. The van der Waals surface area contributed by atoms with E-state index in [2.05, 4.69) is 10.3 Å². The number of halogens is 1. The number of nitrogens with one attached hydrogen (secondary N) is 1. The molecule has 4 rings (SSSR count). The third-order valence-corrected chi connectivity index (χ3v) is 6.00. The molecule has 2 aliphatic heterocycles. The van der Waals surface area contributed by atoms with Crippen LogP contribution in [0.2, 0.25) is 5.02 Å². The molecule has 1 N–H and O–H groups in total. The summed E-state index contributed by atoms with van der Waals surface area (Å²) in [6, 6.07) is 10.5. The maximum absolute atomic E-state index is 12.8. The number of thioether (sulfide) groups is 1. The van der Waals surface area contributed by atoms with Gasteiger partial charge in [0.1, 0.15) is 5.82 Å². The van der Waals surface area contributed by atoms with Crippen LogP contribution >= 0.6 is 23.4 Å². The Kier molecular flexibility index (Phi) is 4.53. The molecule has 1 fully saturated rings. The molecule has 3 heterocycles. The van der Waals surface area contributed by atoms with Crippen molar-refractivity contribution in [2.24, 2.45) is 0 Å². The second-order valence-electron chi connectivity index (χ2n) is 6.07. The summed E-state index contributed by atoms with van der Waals surface area (Å²) in [7, 11) is 0. The van der Waals surface area contributed by atoms with Gasteiger partial charge in [-0.25, -0.2) is 9.78 Å². The number of benzene rings is 1. The molecule has 138 valence electrons. The minimum absolute atomic E-state index is 0.126. The number of aromatic nitrogens is 1. The zero-order chi connectivity index (χ0) is 19.0. The van der Waals surface area contributed by atoms with Crippen LogP contribution in [0.4, 0.5) is 11.5 Å². The highest BCUT2D eigenvalue weighted by Gasteiger charge is 2.58. The molecule has 2 aliphatic rings. The summed E-state index contributed by atoms with van der Waals surface area (Å²) in [6.07, 6.45) is 2.00. The van der Waals surface area contributed by atoms with Crippen LogP contribution in [0, 0.1) is 0 Å². The van der Waals surface area contributed by atoms with Crippen molar-refractivity contribution < 1.29 is 19.1 Å². The van der Waals surface area contributed by atoms with Crippen molar-refractivity contribution in [1.29, 1.82) is 0 Å². The number of ether oxygens (including phenoxy) is 1. The second kappa shape index (κ2) is 6.86. The van der Waals surface area contributed by atoms with Crippen molar-refractivity contribution >= 4 is 52.7 Å². The lowest BCUT2D eigenvalue weighted by molar-refractivity contribution is -0.149. The first-order valence-corrected chi connectivity index (χ1v) is 9.39. The van der Waals surface area contributed by atoms with Gasteiger partial charge in [-0.3, -0.25) is 14.5 Å². The van der Waals surface area contributed by atoms with Crippen molar-refractivity contribution in [2.45, 2.75) is 22.6 Å². The van der Waals surface area contributed by atoms with Gasteiger partial charge in [-0.1, -0.05) is 35.5 Å². The van der Waals surface area contributed by atoms with E-state index in [0.717, 1.165) is 4.90 Å². The Bertz CT molecular complexity index is 936. The Labute approximate surface area is 164 Å². The van der Waals surface area contributed by atoms with E-state index in [-0.39, 0.29) is 12.3 Å². The van der Waals surface area contributed by atoms with E-state index in [9.17, 15) is 14.4 Å². The summed E-state index contributed by atoms with van der Waals surface area (Å²) >= 11 is 7.04. The number of nitrogens with zero attached hydrogens (tertiary/aromatic N) is 2. The third kappa shape index (κ3) is 3.15. The molecule has 9 heteroatoms. The van der Waals surface area contributed by atoms with Crippen LogP contribution in [0.25, 0.3) is 0 Å². The first-order valence-electron chi connectivity index (χ1n) is 8.19. The molecule has 0 aliphatic carbocycles. The van der Waals surface area contributed by atoms with E-state index in [4.69, 9.17) is 16.3 Å². The van der Waals surface area contributed by atoms with Crippen LogP contribution in [-0.2, 0) is 19.1 Å². The van der Waals surface area contributed by atoms with E-state index in [1.54, 1.807) is 18.2 Å². The van der Waals surface area contributed by atoms with Crippen LogP contribution in [0.1, 0.15) is 12.8 Å². The molecule has 0 unspecified atom stereocenters. The predicted octanol–water partition coefficient (Wildman–Crippen LogP) is 2.85. The van der Waals surface area contributed by atoms with Gasteiger partial charge < -0.3 is 10.1 Å². The zero-order valence-corrected chi connectivity index (χ0v) is 15.5. The second-order valence-corrected chi connectivity index (χ2v) is 7.83. The number of esters is 1. The minimum atomic E-state index is -1.14. The highest BCUT2D eigenvalue weighted by molar-refractivity contribution is 8.02. The molecule has 2 aromatic rings. The van der Waals surface area contributed by atoms with E-state index >= 15 is 0 Å². The van der Waals surface area contributed by atoms with E-state index in [0.29, 0.717) is 22.9 Å². The lowest BCUT2D eigenvalue weighted by atomic mass is 10.2. The van der Waals surface area contributed by atoms with E-state index in [1.807, 2.05) is 18.2 Å². The number of carbonyl (C=O) groups is 3. The normalized spacial score (nSPS) is 20.2. The fourth-order valence-corrected chi connectivity index (χ4v) is 4.67. The van der Waals surface area contributed by atoms with Crippen molar-refractivity contribution in [3.8, 4) is 0 Å². The first kappa shape index (κ1) is 17.8. The molecule has 2 amide bonds. The molecule has 1 aromatic heterocycles. The number of amides is 2. The Morgan fingerprint density at radius 1 is 1.30 bits per heavy atom. The number of carbonyl (C=O) groups excluding carboxylic acids is 3. The fourth-order valence-electron chi connectivity index (χ4n) is 3.14. The summed E-state index contributed by atoms with van der Waals surface area (Å²) in [5.41, 5.74) is 0.705. The number of pyridine rings is 1. The van der Waals surface area contributed by atoms with Gasteiger partial charge in [0.2, 0.25) is 5.91 Å². The van der Waals surface area contributed by atoms with Gasteiger partial charge in [0, 0.05) is 23.9 Å². The number of para-hydroxylation sites is 1. The highest BCUT2D eigenvalue weighted by atomic mass is 35.5. The minimum Gasteiger partial charge on any atom is -0.453 e. The lowest BCUT2D eigenvalue weighted by Crippen LogP contribution is -2.48. The highest BCUT2D eigenvalue weighted by Crippen LogP contribution is 2.56. The van der Waals surface area contributed by atoms with Crippen molar-refractivity contribution in [3.63, 3.8) is 0 Å². The van der Waals surface area contributed by atoms with Crippen LogP contribution in [-0.4, -0.2) is 34.2 Å². The van der Waals surface area contributed by atoms with Crippen molar-refractivity contribution in [1.82, 2.24) is 4.98 Å². The molecule has 1 saturated heterocycles. The van der Waals surface area contributed by atoms with Gasteiger partial charge in [-0.05, 0) is 24.3 Å². The summed E-state index contributed by atoms with van der Waals surface area (Å²) in [5, 5.41) is 2.97. The van der Waals surface area contributed by atoms with Gasteiger partial charge in [0.15, 0.2) is 11.5 Å². The van der Waals surface area contributed by atoms with Gasteiger partial charge in [-0.15, -0.1) is 0 Å². The topological polar surface area (TPSA) is 88.6 Å². The molecule has 1 aromatic carbocycles. The van der Waals surface area contributed by atoms with Crippen molar-refractivity contribution in [2.75, 3.05) is 16.8 Å². The lowest BCUT2D eigenvalue weighted by Gasteiger charge is -2.28. The molecule has 1 atom stereocenters. The predicted molar refractivity (Wildman–Crippen MR) is 101 cm³/mol. The number of hydrogen-bond acceptors (Lipinski definition) is 6. The summed E-state index contributed by atoms with van der Waals surface area (Å²) < 4.78 is 5.25. The number of fused-ring (bicyclic) bond motifs is 3. The Balaban J connectivity index is 1.44. The quantitative estimate of drug-likeness (QED) is 0.790. The Morgan fingerprint density at radius 3 is 2.89 bits per heavy atom. The summed E-state index contributed by atoms with van der Waals surface area (Å²) in [5.74, 6) is -0.946. The Hall–Kier alpha value is -2.58. The third-order valence-electron chi connectivity index (χ3n) is 4.32. The average molecular weight is 404 g/mol. The van der Waals surface area contributed by atoms with E-state index in [1.165, 1.54) is 22.9 Å². The van der Waals surface area contributed by atoms with Crippen LogP contribution in [0.3, 0.4) is 0 Å². The number of anilines is 2. The average Bonchev–Trinajstić information content (AvgIpc) is 3.17. The number of rotatable bonds is 4. The van der Waals surface area contributed by atoms with Crippen LogP contribution < -0.4 is 10.2 Å². The van der Waals surface area contributed by atoms with Gasteiger partial charge in [0.25, 0.3) is 5.91 Å². The zero-order valence-electron chi connectivity index (χ0n) is 14.0. The molecular formula is C18H14ClN3O4S. The van der Waals surface area contributed by atoms with Crippen LogP contribution in [0.15, 0.2) is 47.5 Å². The molecular weight excluding hydrogens is 390 g/mol. The summed E-state index contributed by atoms with van der Waals surface area (Å²) in [6.45, 7) is -0.468. The molecule has 0 bridgehead atoms. The molecule has 0 saturated carbocycles. The van der Waals surface area contributed by atoms with Gasteiger partial charge in [0.05, 0.1) is 10.7 Å². The van der Waals surface area contributed by atoms with Gasteiger partial charge in [-0.2, -0.15) is 0 Å². The molecule has 0 radical (unpaired) electrons. The Morgan fingerprint density at radius 2 is 2.11 bits per heavy atom. The number of hydrogen-bond donors (Lipinski definition) is 1. The smallest absolute Gasteiger partial charge is 0.344 e. The molecule has 7 nitrogen and oxygen atoms in total. The molecule has 27 heavy (non-hydrogen) atoms. The maximum atomic E-state index is 12.8.